The Morgan fingerprint density at radius 3 is 2.37 bits per heavy atom. The molecule has 2 atom stereocenters. The van der Waals surface area contributed by atoms with E-state index in [1.54, 1.807) is 25.7 Å². The number of carbonyl (C=O) groups is 4. The van der Waals surface area contributed by atoms with Crippen molar-refractivity contribution in [1.29, 1.82) is 0 Å². The first-order chi connectivity index (χ1) is 16.5. The monoisotopic (exact) mass is 488 g/mol. The Balaban J connectivity index is 1.75. The molecule has 2 aliphatic rings. The molecule has 2 heterocycles. The van der Waals surface area contributed by atoms with Gasteiger partial charge in [0.2, 0.25) is 11.8 Å². The molecule has 10 nitrogen and oxygen atoms in total. The maximum atomic E-state index is 13.7. The standard InChI is InChI=1S/C25H36N4O6/c1-18(30)26-15-20-11-8-12-28(20)22(31)21-16-27(23(32)35-25(2,3)4)13-14-29(21)24(33)34-17-19-9-6-5-7-10-19/h5-7,9-10,20-21H,8,11-17H2,1-4H3,(H,26,30). The van der Waals surface area contributed by atoms with E-state index in [1.165, 1.54) is 16.7 Å². The third kappa shape index (κ3) is 7.34. The van der Waals surface area contributed by atoms with Crippen LogP contribution in [0.5, 0.6) is 0 Å². The highest BCUT2D eigenvalue weighted by atomic mass is 16.6. The molecule has 3 rings (SSSR count). The van der Waals surface area contributed by atoms with Crippen LogP contribution in [0.3, 0.4) is 0 Å². The molecule has 0 aromatic heterocycles. The molecule has 1 aromatic carbocycles. The molecular weight excluding hydrogens is 452 g/mol. The number of nitrogens with one attached hydrogen (secondary N) is 1. The third-order valence-corrected chi connectivity index (χ3v) is 6.00. The van der Waals surface area contributed by atoms with E-state index in [0.717, 1.165) is 18.4 Å². The number of rotatable bonds is 5. The lowest BCUT2D eigenvalue weighted by atomic mass is 10.1. The number of piperazine rings is 1. The summed E-state index contributed by atoms with van der Waals surface area (Å²) in [6, 6.07) is 8.24. The molecule has 10 heteroatoms. The normalized spacial score (nSPS) is 20.4. The van der Waals surface area contributed by atoms with Crippen LogP contribution < -0.4 is 5.32 Å². The Kier molecular flexibility index (Phi) is 8.58. The van der Waals surface area contributed by atoms with Gasteiger partial charge in [0.1, 0.15) is 18.2 Å². The smallest absolute Gasteiger partial charge is 0.410 e. The first kappa shape index (κ1) is 26.3. The number of amides is 4. The average molecular weight is 489 g/mol. The molecule has 0 bridgehead atoms. The minimum Gasteiger partial charge on any atom is -0.445 e. The molecule has 2 aliphatic heterocycles. The lowest BCUT2D eigenvalue weighted by molar-refractivity contribution is -0.139. The van der Waals surface area contributed by atoms with Crippen LogP contribution in [0.1, 0.15) is 46.1 Å². The van der Waals surface area contributed by atoms with E-state index in [0.29, 0.717) is 13.1 Å². The highest BCUT2D eigenvalue weighted by molar-refractivity contribution is 5.87. The van der Waals surface area contributed by atoms with E-state index in [4.69, 9.17) is 9.47 Å². The van der Waals surface area contributed by atoms with Gasteiger partial charge in [0.15, 0.2) is 0 Å². The second-order valence-electron chi connectivity index (χ2n) is 9.94. The number of nitrogens with zero attached hydrogens (tertiary/aromatic N) is 3. The summed E-state index contributed by atoms with van der Waals surface area (Å²) < 4.78 is 11.0. The quantitative estimate of drug-likeness (QED) is 0.682. The Morgan fingerprint density at radius 2 is 1.71 bits per heavy atom. The van der Waals surface area contributed by atoms with Crippen LogP contribution in [-0.4, -0.2) is 89.1 Å². The van der Waals surface area contributed by atoms with Crippen LogP contribution in [0.2, 0.25) is 0 Å². The van der Waals surface area contributed by atoms with Gasteiger partial charge in [0, 0.05) is 39.1 Å². The van der Waals surface area contributed by atoms with E-state index in [-0.39, 0.29) is 44.1 Å². The fourth-order valence-corrected chi connectivity index (χ4v) is 4.30. The summed E-state index contributed by atoms with van der Waals surface area (Å²) >= 11 is 0. The SMILES string of the molecule is CC(=O)NCC1CCCN1C(=O)C1CN(C(=O)OC(C)(C)C)CCN1C(=O)OCc1ccccc1. The van der Waals surface area contributed by atoms with Crippen LogP contribution in [0.4, 0.5) is 9.59 Å². The molecule has 1 aromatic rings. The molecule has 2 fully saturated rings. The first-order valence-electron chi connectivity index (χ1n) is 12.1. The molecule has 0 radical (unpaired) electrons. The predicted molar refractivity (Wildman–Crippen MR) is 128 cm³/mol. The van der Waals surface area contributed by atoms with Crippen molar-refractivity contribution < 1.29 is 28.7 Å². The van der Waals surface area contributed by atoms with Gasteiger partial charge in [0.25, 0.3) is 0 Å². The lowest BCUT2D eigenvalue weighted by Gasteiger charge is -2.42. The van der Waals surface area contributed by atoms with E-state index < -0.39 is 23.8 Å². The number of benzene rings is 1. The molecule has 0 spiro atoms. The average Bonchev–Trinajstić information content (AvgIpc) is 3.28. The van der Waals surface area contributed by atoms with Gasteiger partial charge in [-0.1, -0.05) is 30.3 Å². The second kappa shape index (κ2) is 11.4. The topological polar surface area (TPSA) is 108 Å². The van der Waals surface area contributed by atoms with Gasteiger partial charge in [0.05, 0.1) is 6.54 Å². The zero-order valence-electron chi connectivity index (χ0n) is 21.0. The zero-order chi connectivity index (χ0) is 25.6. The number of ether oxygens (including phenoxy) is 2. The molecule has 0 saturated carbocycles. The summed E-state index contributed by atoms with van der Waals surface area (Å²) in [5.41, 5.74) is 0.159. The largest absolute Gasteiger partial charge is 0.445 e. The van der Waals surface area contributed by atoms with E-state index in [1.807, 2.05) is 30.3 Å². The lowest BCUT2D eigenvalue weighted by Crippen LogP contribution is -2.63. The number of hydrogen-bond acceptors (Lipinski definition) is 6. The Bertz CT molecular complexity index is 916. The van der Waals surface area contributed by atoms with Crippen molar-refractivity contribution in [3.63, 3.8) is 0 Å². The maximum absolute atomic E-state index is 13.7. The van der Waals surface area contributed by atoms with Crippen molar-refractivity contribution in [3.8, 4) is 0 Å². The third-order valence-electron chi connectivity index (χ3n) is 6.00. The Morgan fingerprint density at radius 1 is 1.00 bits per heavy atom. The van der Waals surface area contributed by atoms with Crippen LogP contribution in [0.15, 0.2) is 30.3 Å². The molecule has 1 N–H and O–H groups in total. The summed E-state index contributed by atoms with van der Waals surface area (Å²) in [7, 11) is 0. The number of carbonyl (C=O) groups excluding carboxylic acids is 4. The molecule has 192 valence electrons. The second-order valence-corrected chi connectivity index (χ2v) is 9.94. The zero-order valence-corrected chi connectivity index (χ0v) is 21.0. The van der Waals surface area contributed by atoms with E-state index in [9.17, 15) is 19.2 Å². The van der Waals surface area contributed by atoms with Crippen molar-refractivity contribution in [2.24, 2.45) is 0 Å². The Labute approximate surface area is 206 Å². The minimum atomic E-state index is -0.905. The fourth-order valence-electron chi connectivity index (χ4n) is 4.30. The van der Waals surface area contributed by atoms with Crippen molar-refractivity contribution in [2.75, 3.05) is 32.7 Å². The van der Waals surface area contributed by atoms with Crippen molar-refractivity contribution in [3.05, 3.63) is 35.9 Å². The maximum Gasteiger partial charge on any atom is 0.410 e. The van der Waals surface area contributed by atoms with Crippen LogP contribution >= 0.6 is 0 Å². The van der Waals surface area contributed by atoms with Gasteiger partial charge < -0.3 is 24.6 Å². The highest BCUT2D eigenvalue weighted by Crippen LogP contribution is 2.23. The van der Waals surface area contributed by atoms with Gasteiger partial charge in [-0.05, 0) is 39.2 Å². The van der Waals surface area contributed by atoms with Crippen LogP contribution in [0, 0.1) is 0 Å². The fraction of sp³-hybridized carbons (Fsp3) is 0.600. The molecule has 35 heavy (non-hydrogen) atoms. The molecule has 4 amide bonds. The summed E-state index contributed by atoms with van der Waals surface area (Å²) in [6.07, 6.45) is 0.432. The number of hydrogen-bond donors (Lipinski definition) is 1. The van der Waals surface area contributed by atoms with Crippen molar-refractivity contribution >= 4 is 24.0 Å². The first-order valence-corrected chi connectivity index (χ1v) is 12.1. The van der Waals surface area contributed by atoms with E-state index in [2.05, 4.69) is 5.32 Å². The minimum absolute atomic E-state index is 0.0114. The summed E-state index contributed by atoms with van der Waals surface area (Å²) in [4.78, 5) is 55.4. The molecule has 2 saturated heterocycles. The van der Waals surface area contributed by atoms with Gasteiger partial charge in [-0.15, -0.1) is 0 Å². The van der Waals surface area contributed by atoms with Gasteiger partial charge in [-0.3, -0.25) is 14.5 Å². The van der Waals surface area contributed by atoms with E-state index >= 15 is 0 Å². The van der Waals surface area contributed by atoms with Gasteiger partial charge >= 0.3 is 12.2 Å². The van der Waals surface area contributed by atoms with Gasteiger partial charge in [-0.25, -0.2) is 9.59 Å². The molecule has 0 aliphatic carbocycles. The van der Waals surface area contributed by atoms with Crippen molar-refractivity contribution in [1.82, 2.24) is 20.0 Å². The van der Waals surface area contributed by atoms with Crippen LogP contribution in [0.25, 0.3) is 0 Å². The molecular formula is C25H36N4O6. The summed E-state index contributed by atoms with van der Waals surface area (Å²) in [5.74, 6) is -0.424. The van der Waals surface area contributed by atoms with Crippen LogP contribution in [-0.2, 0) is 25.7 Å². The summed E-state index contributed by atoms with van der Waals surface area (Å²) in [6.45, 7) is 8.12. The van der Waals surface area contributed by atoms with Crippen molar-refractivity contribution in [2.45, 2.75) is 64.8 Å². The highest BCUT2D eigenvalue weighted by Gasteiger charge is 2.43. The predicted octanol–water partition coefficient (Wildman–Crippen LogP) is 2.37. The number of likely N-dealkylation sites (tertiary alicyclic amines) is 1. The Hall–Kier alpha value is -3.30. The molecule has 2 unspecified atom stereocenters. The van der Waals surface area contributed by atoms with Gasteiger partial charge in [-0.2, -0.15) is 0 Å². The summed E-state index contributed by atoms with van der Waals surface area (Å²) in [5, 5.41) is 2.78.